The van der Waals surface area contributed by atoms with Crippen molar-refractivity contribution < 1.29 is 4.79 Å². The summed E-state index contributed by atoms with van der Waals surface area (Å²) < 4.78 is 0. The van der Waals surface area contributed by atoms with Crippen LogP contribution in [-0.2, 0) is 18.4 Å². The number of hydrogen-bond donors (Lipinski definition) is 4. The van der Waals surface area contributed by atoms with E-state index in [1.165, 1.54) is 11.1 Å². The van der Waals surface area contributed by atoms with Gasteiger partial charge in [-0.2, -0.15) is 4.98 Å². The van der Waals surface area contributed by atoms with E-state index in [1.54, 1.807) is 12.4 Å². The average Bonchev–Trinajstić information content (AvgIpc) is 3.63. The van der Waals surface area contributed by atoms with Crippen molar-refractivity contribution in [1.82, 2.24) is 25.6 Å². The molecule has 176 valence electrons. The van der Waals surface area contributed by atoms with Gasteiger partial charge in [-0.3, -0.25) is 9.78 Å². The molecule has 3 heterocycles. The second-order valence-electron chi connectivity index (χ2n) is 10.0. The van der Waals surface area contributed by atoms with Crippen molar-refractivity contribution in [3.05, 3.63) is 65.1 Å². The molecule has 34 heavy (non-hydrogen) atoms. The zero-order chi connectivity index (χ0) is 23.7. The first-order valence-electron chi connectivity index (χ1n) is 11.9. The number of aromatic nitrogens is 3. The fraction of sp³-hybridized carbons (Fsp3) is 0.385. The third-order valence-corrected chi connectivity index (χ3v) is 6.09. The normalized spacial score (nSPS) is 15.4. The molecule has 1 saturated carbocycles. The summed E-state index contributed by atoms with van der Waals surface area (Å²) >= 11 is 0. The van der Waals surface area contributed by atoms with Gasteiger partial charge < -0.3 is 21.3 Å². The van der Waals surface area contributed by atoms with Crippen molar-refractivity contribution in [2.75, 3.05) is 17.2 Å². The van der Waals surface area contributed by atoms with Crippen LogP contribution in [0.4, 0.5) is 23.1 Å². The van der Waals surface area contributed by atoms with Crippen LogP contribution < -0.4 is 21.3 Å². The molecular formula is C26H31N7O. The maximum Gasteiger partial charge on any atom is 0.256 e. The molecule has 0 radical (unpaired) electrons. The van der Waals surface area contributed by atoms with Crippen LogP contribution in [0.3, 0.4) is 0 Å². The third kappa shape index (κ3) is 5.17. The van der Waals surface area contributed by atoms with Crippen molar-refractivity contribution in [1.29, 1.82) is 0 Å². The minimum atomic E-state index is -0.164. The molecule has 1 amide bonds. The number of anilines is 4. The van der Waals surface area contributed by atoms with Gasteiger partial charge in [0, 0.05) is 47.5 Å². The summed E-state index contributed by atoms with van der Waals surface area (Å²) in [4.78, 5) is 26.5. The minimum absolute atomic E-state index is 0.0930. The van der Waals surface area contributed by atoms with Gasteiger partial charge in [0.25, 0.3) is 5.91 Å². The van der Waals surface area contributed by atoms with Gasteiger partial charge in [0.15, 0.2) is 0 Å². The molecule has 1 fully saturated rings. The monoisotopic (exact) mass is 457 g/mol. The summed E-state index contributed by atoms with van der Waals surface area (Å²) in [6.07, 6.45) is 6.39. The molecule has 0 unspecified atom stereocenters. The van der Waals surface area contributed by atoms with Crippen molar-refractivity contribution >= 4 is 29.0 Å². The topological polar surface area (TPSA) is 104 Å². The highest BCUT2D eigenvalue weighted by Crippen LogP contribution is 2.27. The van der Waals surface area contributed by atoms with E-state index in [0.29, 0.717) is 17.3 Å². The van der Waals surface area contributed by atoms with Gasteiger partial charge in [0.2, 0.25) is 5.95 Å². The SMILES string of the molecule is CC(C)(C)c1cc(Nc2nc(Nc3ccc4c(c3)CCNC4)ncc2C(=O)NC2CC2)ccn1. The van der Waals surface area contributed by atoms with E-state index in [9.17, 15) is 4.79 Å². The number of pyridine rings is 1. The van der Waals surface area contributed by atoms with Crippen LogP contribution in [-0.4, -0.2) is 33.4 Å². The Bertz CT molecular complexity index is 1210. The summed E-state index contributed by atoms with van der Waals surface area (Å²) in [6.45, 7) is 8.24. The average molecular weight is 458 g/mol. The molecule has 1 aliphatic heterocycles. The molecule has 8 nitrogen and oxygen atoms in total. The van der Waals surface area contributed by atoms with Crippen LogP contribution in [0.2, 0.25) is 0 Å². The molecule has 2 aromatic heterocycles. The van der Waals surface area contributed by atoms with Crippen LogP contribution in [0.5, 0.6) is 0 Å². The molecule has 0 bridgehead atoms. The summed E-state index contributed by atoms with van der Waals surface area (Å²) in [6, 6.07) is 10.4. The number of amides is 1. The fourth-order valence-electron chi connectivity index (χ4n) is 3.93. The smallest absolute Gasteiger partial charge is 0.256 e. The predicted octanol–water partition coefficient (Wildman–Crippen LogP) is 4.19. The van der Waals surface area contributed by atoms with E-state index >= 15 is 0 Å². The molecule has 4 N–H and O–H groups in total. The second-order valence-corrected chi connectivity index (χ2v) is 10.0. The van der Waals surface area contributed by atoms with E-state index in [-0.39, 0.29) is 17.4 Å². The quantitative estimate of drug-likeness (QED) is 0.440. The number of rotatable bonds is 6. The lowest BCUT2D eigenvalue weighted by Gasteiger charge is -2.19. The Morgan fingerprint density at radius 2 is 1.85 bits per heavy atom. The standard InChI is InChI=1S/C26H31N7O/c1-26(2,3)22-13-20(9-11-28-22)30-23-21(24(34)31-18-6-7-18)15-29-25(33-23)32-19-5-4-17-14-27-10-8-16(17)12-19/h4-5,9,11-13,15,18,27H,6-8,10,14H2,1-3H3,(H,31,34)(H2,28,29,30,32,33). The molecule has 8 heteroatoms. The van der Waals surface area contributed by atoms with Crippen molar-refractivity contribution in [3.8, 4) is 0 Å². The zero-order valence-electron chi connectivity index (χ0n) is 19.9. The van der Waals surface area contributed by atoms with Crippen LogP contribution in [0.1, 0.15) is 60.8 Å². The summed E-state index contributed by atoms with van der Waals surface area (Å²) in [5.41, 5.74) is 5.69. The van der Waals surface area contributed by atoms with Gasteiger partial charge in [0.05, 0.1) is 0 Å². The molecule has 2 aliphatic rings. The molecule has 0 spiro atoms. The highest BCUT2D eigenvalue weighted by atomic mass is 16.1. The maximum atomic E-state index is 12.9. The summed E-state index contributed by atoms with van der Waals surface area (Å²) in [7, 11) is 0. The van der Waals surface area contributed by atoms with Gasteiger partial charge in [-0.25, -0.2) is 4.98 Å². The Labute approximate surface area is 200 Å². The number of carbonyl (C=O) groups excluding carboxylic acids is 1. The van der Waals surface area contributed by atoms with Gasteiger partial charge >= 0.3 is 0 Å². The molecule has 0 atom stereocenters. The van der Waals surface area contributed by atoms with Crippen LogP contribution in [0, 0.1) is 0 Å². The first kappa shape index (κ1) is 22.3. The number of carbonyl (C=O) groups is 1. The lowest BCUT2D eigenvalue weighted by Crippen LogP contribution is -2.26. The Balaban J connectivity index is 1.44. The van der Waals surface area contributed by atoms with E-state index in [1.807, 2.05) is 18.2 Å². The molecule has 1 aliphatic carbocycles. The third-order valence-electron chi connectivity index (χ3n) is 6.09. The molecule has 1 aromatic carbocycles. The first-order chi connectivity index (χ1) is 16.3. The Kier molecular flexibility index (Phi) is 5.91. The van der Waals surface area contributed by atoms with Crippen molar-refractivity contribution in [3.63, 3.8) is 0 Å². The molecule has 5 rings (SSSR count). The lowest BCUT2D eigenvalue weighted by atomic mass is 9.91. The van der Waals surface area contributed by atoms with Crippen LogP contribution in [0.15, 0.2) is 42.7 Å². The van der Waals surface area contributed by atoms with E-state index < -0.39 is 0 Å². The highest BCUT2D eigenvalue weighted by molar-refractivity contribution is 5.99. The van der Waals surface area contributed by atoms with E-state index in [2.05, 4.69) is 69.1 Å². The molecule has 3 aromatic rings. The number of hydrogen-bond acceptors (Lipinski definition) is 7. The molecular weight excluding hydrogens is 426 g/mol. The minimum Gasteiger partial charge on any atom is -0.349 e. The fourth-order valence-corrected chi connectivity index (χ4v) is 3.93. The number of fused-ring (bicyclic) bond motifs is 1. The Hall–Kier alpha value is -3.52. The summed E-state index contributed by atoms with van der Waals surface area (Å²) in [5.74, 6) is 0.733. The predicted molar refractivity (Wildman–Crippen MR) is 134 cm³/mol. The van der Waals surface area contributed by atoms with Gasteiger partial charge in [-0.15, -0.1) is 0 Å². The van der Waals surface area contributed by atoms with E-state index in [4.69, 9.17) is 0 Å². The van der Waals surface area contributed by atoms with Gasteiger partial charge in [-0.1, -0.05) is 26.8 Å². The van der Waals surface area contributed by atoms with Gasteiger partial charge in [-0.05, 0) is 61.2 Å². The van der Waals surface area contributed by atoms with Crippen LogP contribution >= 0.6 is 0 Å². The number of nitrogens with one attached hydrogen (secondary N) is 4. The second kappa shape index (κ2) is 9.02. The number of benzene rings is 1. The Morgan fingerprint density at radius 1 is 1.03 bits per heavy atom. The zero-order valence-corrected chi connectivity index (χ0v) is 19.9. The Morgan fingerprint density at radius 3 is 2.65 bits per heavy atom. The van der Waals surface area contributed by atoms with Crippen LogP contribution in [0.25, 0.3) is 0 Å². The number of nitrogens with zero attached hydrogens (tertiary/aromatic N) is 3. The van der Waals surface area contributed by atoms with Gasteiger partial charge in [0.1, 0.15) is 11.4 Å². The maximum absolute atomic E-state index is 12.9. The lowest BCUT2D eigenvalue weighted by molar-refractivity contribution is 0.0951. The van der Waals surface area contributed by atoms with Crippen molar-refractivity contribution in [2.24, 2.45) is 0 Å². The largest absolute Gasteiger partial charge is 0.349 e. The highest BCUT2D eigenvalue weighted by Gasteiger charge is 2.26. The first-order valence-corrected chi connectivity index (χ1v) is 11.9. The van der Waals surface area contributed by atoms with Crippen molar-refractivity contribution in [2.45, 2.75) is 58.0 Å². The molecule has 0 saturated heterocycles. The summed E-state index contributed by atoms with van der Waals surface area (Å²) in [5, 5.41) is 13.1. The van der Waals surface area contributed by atoms with E-state index in [0.717, 1.165) is 49.4 Å².